The summed E-state index contributed by atoms with van der Waals surface area (Å²) in [5.41, 5.74) is 9.70. The highest BCUT2D eigenvalue weighted by Gasteiger charge is 2.28. The lowest BCUT2D eigenvalue weighted by molar-refractivity contribution is 0.220. The molecule has 0 unspecified atom stereocenters. The number of ether oxygens (including phenoxy) is 1. The predicted octanol–water partition coefficient (Wildman–Crippen LogP) is 2.23. The summed E-state index contributed by atoms with van der Waals surface area (Å²) in [5.74, 6) is 1.02. The fourth-order valence-electron chi connectivity index (χ4n) is 3.47. The molecule has 1 heterocycles. The van der Waals surface area contributed by atoms with Crippen molar-refractivity contribution in [1.29, 1.82) is 0 Å². The first-order valence-electron chi connectivity index (χ1n) is 6.98. The highest BCUT2D eigenvalue weighted by molar-refractivity contribution is 5.57. The van der Waals surface area contributed by atoms with Gasteiger partial charge in [-0.05, 0) is 62.9 Å². The number of benzene rings is 1. The minimum atomic E-state index is 0.690. The molecule has 0 saturated carbocycles. The minimum Gasteiger partial charge on any atom is -0.496 e. The lowest BCUT2D eigenvalue weighted by Gasteiger charge is -2.33. The Morgan fingerprint density at radius 3 is 2.72 bits per heavy atom. The van der Waals surface area contributed by atoms with Crippen LogP contribution in [-0.4, -0.2) is 31.1 Å². The van der Waals surface area contributed by atoms with Crippen molar-refractivity contribution >= 4 is 5.69 Å². The van der Waals surface area contributed by atoms with Gasteiger partial charge >= 0.3 is 0 Å². The third-order valence-electron chi connectivity index (χ3n) is 4.47. The molecule has 1 fully saturated rings. The molecule has 1 aromatic carbocycles. The van der Waals surface area contributed by atoms with Crippen molar-refractivity contribution < 1.29 is 4.74 Å². The molecular formula is C15H22N2O. The second kappa shape index (κ2) is 4.81. The number of methoxy groups -OCH3 is 1. The van der Waals surface area contributed by atoms with Crippen LogP contribution in [0, 0.1) is 0 Å². The molecule has 3 heteroatoms. The molecule has 0 aromatic heterocycles. The van der Waals surface area contributed by atoms with E-state index in [9.17, 15) is 0 Å². The van der Waals surface area contributed by atoms with E-state index in [4.69, 9.17) is 10.5 Å². The summed E-state index contributed by atoms with van der Waals surface area (Å²) in [5, 5.41) is 0. The van der Waals surface area contributed by atoms with E-state index in [-0.39, 0.29) is 0 Å². The quantitative estimate of drug-likeness (QED) is 0.813. The monoisotopic (exact) mass is 246 g/mol. The number of hydrogen-bond donors (Lipinski definition) is 1. The Morgan fingerprint density at radius 1 is 1.22 bits per heavy atom. The van der Waals surface area contributed by atoms with Gasteiger partial charge in [-0.25, -0.2) is 0 Å². The van der Waals surface area contributed by atoms with E-state index < -0.39 is 0 Å². The predicted molar refractivity (Wildman–Crippen MR) is 74.0 cm³/mol. The third kappa shape index (κ3) is 1.97. The molecule has 1 aliphatic carbocycles. The average molecular weight is 246 g/mol. The van der Waals surface area contributed by atoms with Crippen molar-refractivity contribution in [1.82, 2.24) is 4.90 Å². The topological polar surface area (TPSA) is 38.5 Å². The van der Waals surface area contributed by atoms with Crippen LogP contribution in [0.25, 0.3) is 0 Å². The maximum absolute atomic E-state index is 6.09. The number of likely N-dealkylation sites (tertiary alicyclic amines) is 1. The van der Waals surface area contributed by atoms with Crippen LogP contribution < -0.4 is 10.5 Å². The zero-order chi connectivity index (χ0) is 12.5. The maximum Gasteiger partial charge on any atom is 0.122 e. The van der Waals surface area contributed by atoms with Crippen molar-refractivity contribution in [2.24, 2.45) is 0 Å². The molecule has 1 atom stereocenters. The van der Waals surface area contributed by atoms with E-state index in [0.717, 1.165) is 24.3 Å². The summed E-state index contributed by atoms with van der Waals surface area (Å²) in [7, 11) is 1.76. The number of nitrogens with two attached hydrogens (primary N) is 1. The summed E-state index contributed by atoms with van der Waals surface area (Å²) in [6, 6.07) is 4.68. The van der Waals surface area contributed by atoms with E-state index in [2.05, 4.69) is 4.90 Å². The largest absolute Gasteiger partial charge is 0.496 e. The number of hydrogen-bond acceptors (Lipinski definition) is 3. The van der Waals surface area contributed by atoms with Gasteiger partial charge in [-0.2, -0.15) is 0 Å². The van der Waals surface area contributed by atoms with Crippen LogP contribution in [0.3, 0.4) is 0 Å². The number of rotatable bonds is 2. The molecule has 0 spiro atoms. The van der Waals surface area contributed by atoms with Gasteiger partial charge in [0, 0.05) is 17.3 Å². The zero-order valence-electron chi connectivity index (χ0n) is 11.1. The van der Waals surface area contributed by atoms with Crippen molar-refractivity contribution in [3.05, 3.63) is 23.3 Å². The smallest absolute Gasteiger partial charge is 0.122 e. The van der Waals surface area contributed by atoms with Crippen LogP contribution in [0.5, 0.6) is 5.75 Å². The van der Waals surface area contributed by atoms with Gasteiger partial charge in [0.25, 0.3) is 0 Å². The lowest BCUT2D eigenvalue weighted by atomic mass is 9.86. The van der Waals surface area contributed by atoms with Crippen LogP contribution in [0.2, 0.25) is 0 Å². The van der Waals surface area contributed by atoms with E-state index in [1.165, 1.54) is 43.5 Å². The van der Waals surface area contributed by atoms with Crippen molar-refractivity contribution in [2.75, 3.05) is 25.9 Å². The highest BCUT2D eigenvalue weighted by Crippen LogP contribution is 2.35. The van der Waals surface area contributed by atoms with Crippen molar-refractivity contribution in [2.45, 2.75) is 38.1 Å². The average Bonchev–Trinajstić information content (AvgIpc) is 2.93. The SMILES string of the molecule is COc1ccc(N)c2c1C[C@@H](N1CCCC1)CC2. The summed E-state index contributed by atoms with van der Waals surface area (Å²) in [6.45, 7) is 2.54. The Labute approximate surface area is 109 Å². The number of nitrogen functional groups attached to an aromatic ring is 1. The number of fused-ring (bicyclic) bond motifs is 1. The summed E-state index contributed by atoms with van der Waals surface area (Å²) < 4.78 is 5.50. The molecule has 98 valence electrons. The molecule has 1 aliphatic heterocycles. The van der Waals surface area contributed by atoms with Crippen LogP contribution in [0.15, 0.2) is 12.1 Å². The van der Waals surface area contributed by atoms with Crippen LogP contribution in [-0.2, 0) is 12.8 Å². The molecule has 2 aliphatic rings. The van der Waals surface area contributed by atoms with Gasteiger partial charge in [0.15, 0.2) is 0 Å². The van der Waals surface area contributed by atoms with Gasteiger partial charge in [-0.15, -0.1) is 0 Å². The summed E-state index contributed by atoms with van der Waals surface area (Å²) in [6.07, 6.45) is 6.16. The molecular weight excluding hydrogens is 224 g/mol. The highest BCUT2D eigenvalue weighted by atomic mass is 16.5. The summed E-state index contributed by atoms with van der Waals surface area (Å²) in [4.78, 5) is 2.64. The Kier molecular flexibility index (Phi) is 3.16. The second-order valence-electron chi connectivity index (χ2n) is 5.45. The van der Waals surface area contributed by atoms with E-state index in [0.29, 0.717) is 6.04 Å². The molecule has 1 aromatic rings. The van der Waals surface area contributed by atoms with Crippen molar-refractivity contribution in [3.63, 3.8) is 0 Å². The normalized spacial score (nSPS) is 23.9. The molecule has 2 N–H and O–H groups in total. The van der Waals surface area contributed by atoms with Gasteiger partial charge in [0.05, 0.1) is 7.11 Å². The van der Waals surface area contributed by atoms with E-state index >= 15 is 0 Å². The Morgan fingerprint density at radius 2 is 2.00 bits per heavy atom. The van der Waals surface area contributed by atoms with Gasteiger partial charge in [0.2, 0.25) is 0 Å². The second-order valence-corrected chi connectivity index (χ2v) is 5.45. The minimum absolute atomic E-state index is 0.690. The van der Waals surface area contributed by atoms with Crippen molar-refractivity contribution in [3.8, 4) is 5.75 Å². The maximum atomic E-state index is 6.09. The van der Waals surface area contributed by atoms with Gasteiger partial charge in [-0.3, -0.25) is 0 Å². The molecule has 0 bridgehead atoms. The van der Waals surface area contributed by atoms with Crippen LogP contribution >= 0.6 is 0 Å². The van der Waals surface area contributed by atoms with Gasteiger partial charge in [-0.1, -0.05) is 0 Å². The van der Waals surface area contributed by atoms with Gasteiger partial charge in [0.1, 0.15) is 5.75 Å². The third-order valence-corrected chi connectivity index (χ3v) is 4.47. The Hall–Kier alpha value is -1.22. The van der Waals surface area contributed by atoms with E-state index in [1.54, 1.807) is 7.11 Å². The fourth-order valence-corrected chi connectivity index (χ4v) is 3.47. The molecule has 0 amide bonds. The summed E-state index contributed by atoms with van der Waals surface area (Å²) >= 11 is 0. The zero-order valence-corrected chi connectivity index (χ0v) is 11.1. The Balaban J connectivity index is 1.88. The van der Waals surface area contributed by atoms with E-state index in [1.807, 2.05) is 12.1 Å². The first-order valence-corrected chi connectivity index (χ1v) is 6.98. The number of nitrogens with zero attached hydrogens (tertiary/aromatic N) is 1. The fraction of sp³-hybridized carbons (Fsp3) is 0.600. The van der Waals surface area contributed by atoms with Crippen LogP contribution in [0.4, 0.5) is 5.69 Å². The van der Waals surface area contributed by atoms with Crippen LogP contribution in [0.1, 0.15) is 30.4 Å². The first-order chi connectivity index (χ1) is 8.79. The molecule has 3 rings (SSSR count). The van der Waals surface area contributed by atoms with Gasteiger partial charge < -0.3 is 15.4 Å². The molecule has 18 heavy (non-hydrogen) atoms. The molecule has 0 radical (unpaired) electrons. The lowest BCUT2D eigenvalue weighted by Crippen LogP contribution is -2.37. The molecule has 1 saturated heterocycles. The Bertz CT molecular complexity index is 438. The standard InChI is InChI=1S/C15H22N2O/c1-18-15-7-6-14(16)12-5-4-11(10-13(12)15)17-8-2-3-9-17/h6-7,11H,2-5,8-10,16H2,1H3/t11-/m0/s1. The number of anilines is 1. The first kappa shape index (κ1) is 11.8. The molecule has 3 nitrogen and oxygen atoms in total.